The largest absolute Gasteiger partial charge is 0.387 e. The molecule has 3 aromatic rings. The Kier molecular flexibility index (Phi) is 4.78. The van der Waals surface area contributed by atoms with Gasteiger partial charge in [-0.05, 0) is 37.2 Å². The molecular formula is C17H18Cl2N4O. The molecule has 0 radical (unpaired) electrons. The van der Waals surface area contributed by atoms with Gasteiger partial charge < -0.3 is 15.0 Å². The predicted molar refractivity (Wildman–Crippen MR) is 97.7 cm³/mol. The van der Waals surface area contributed by atoms with Gasteiger partial charge in [-0.15, -0.1) is 12.4 Å². The topological polar surface area (TPSA) is 63.0 Å². The van der Waals surface area contributed by atoms with E-state index in [0.29, 0.717) is 18.1 Å². The van der Waals surface area contributed by atoms with Gasteiger partial charge in [0.2, 0.25) is 0 Å². The Morgan fingerprint density at radius 3 is 2.96 bits per heavy atom. The molecule has 1 aromatic carbocycles. The highest BCUT2D eigenvalue weighted by atomic mass is 35.5. The summed E-state index contributed by atoms with van der Waals surface area (Å²) in [5.74, 6) is 0.766. The highest BCUT2D eigenvalue weighted by Gasteiger charge is 2.32. The van der Waals surface area contributed by atoms with Crippen molar-refractivity contribution in [2.75, 3.05) is 13.1 Å². The number of β-amino-alcohol motifs (C(OH)–C–C–N with tert-alkyl or cyclic N) is 1. The number of aliphatic hydroxyl groups is 1. The first-order chi connectivity index (χ1) is 11.1. The molecule has 0 saturated carbocycles. The molecule has 2 aromatic heterocycles. The van der Waals surface area contributed by atoms with Crippen LogP contribution in [-0.4, -0.2) is 38.3 Å². The first kappa shape index (κ1) is 17.2. The molecule has 0 spiro atoms. The zero-order chi connectivity index (χ0) is 15.9. The summed E-state index contributed by atoms with van der Waals surface area (Å²) >= 11 is 6.02. The Balaban J connectivity index is 0.00000169. The number of aromatic nitrogens is 3. The van der Waals surface area contributed by atoms with Crippen LogP contribution in [0.15, 0.2) is 42.7 Å². The van der Waals surface area contributed by atoms with Crippen molar-refractivity contribution >= 4 is 34.9 Å². The molecule has 24 heavy (non-hydrogen) atoms. The second kappa shape index (κ2) is 6.69. The average molecular weight is 365 g/mol. The fraction of sp³-hybridized carbons (Fsp3) is 0.294. The number of nitrogens with zero attached hydrogens (tertiary/aromatic N) is 3. The number of halogens is 2. The van der Waals surface area contributed by atoms with E-state index in [1.165, 1.54) is 0 Å². The minimum Gasteiger partial charge on any atom is -0.387 e. The molecule has 1 unspecified atom stereocenters. The van der Waals surface area contributed by atoms with Gasteiger partial charge in [0.1, 0.15) is 5.69 Å². The average Bonchev–Trinajstić information content (AvgIpc) is 3.16. The van der Waals surface area contributed by atoms with E-state index in [1.54, 1.807) is 6.20 Å². The number of hydrogen-bond acceptors (Lipinski definition) is 4. The third-order valence-corrected chi connectivity index (χ3v) is 4.52. The number of benzene rings is 1. The lowest BCUT2D eigenvalue weighted by molar-refractivity contribution is 0.0436. The number of rotatable bonds is 3. The first-order valence-electron chi connectivity index (χ1n) is 7.64. The molecule has 1 aliphatic heterocycles. The van der Waals surface area contributed by atoms with E-state index in [4.69, 9.17) is 11.6 Å². The Hall–Kier alpha value is -1.66. The third-order valence-electron chi connectivity index (χ3n) is 4.28. The van der Waals surface area contributed by atoms with Crippen LogP contribution in [0.25, 0.3) is 22.4 Å². The molecule has 4 rings (SSSR count). The van der Waals surface area contributed by atoms with Gasteiger partial charge in [-0.3, -0.25) is 0 Å². The highest BCUT2D eigenvalue weighted by molar-refractivity contribution is 6.31. The quantitative estimate of drug-likeness (QED) is 0.749. The summed E-state index contributed by atoms with van der Waals surface area (Å²) < 4.78 is 1.97. The number of nitrogens with one attached hydrogen (secondary N) is 1. The lowest BCUT2D eigenvalue weighted by Crippen LogP contribution is -2.36. The van der Waals surface area contributed by atoms with Gasteiger partial charge in [-0.2, -0.15) is 0 Å². The van der Waals surface area contributed by atoms with Gasteiger partial charge in [0.25, 0.3) is 0 Å². The molecule has 1 atom stereocenters. The molecule has 0 aliphatic carbocycles. The number of pyridine rings is 1. The van der Waals surface area contributed by atoms with Crippen molar-refractivity contribution in [3.8, 4) is 11.5 Å². The third kappa shape index (κ3) is 3.26. The van der Waals surface area contributed by atoms with E-state index in [0.717, 1.165) is 35.4 Å². The molecule has 1 saturated heterocycles. The molecule has 7 heteroatoms. The van der Waals surface area contributed by atoms with Crippen LogP contribution in [0.3, 0.4) is 0 Å². The molecule has 126 valence electrons. The van der Waals surface area contributed by atoms with E-state index in [-0.39, 0.29) is 12.4 Å². The normalized spacial score (nSPS) is 20.2. The second-order valence-electron chi connectivity index (χ2n) is 6.06. The first-order valence-corrected chi connectivity index (χ1v) is 8.02. The SMILES string of the molecule is Cl.OC1(Cn2ccnc2-c2ccc3cc(Cl)ccc3n2)CCNC1. The Morgan fingerprint density at radius 1 is 1.29 bits per heavy atom. The Bertz CT molecular complexity index is 859. The summed E-state index contributed by atoms with van der Waals surface area (Å²) in [7, 11) is 0. The van der Waals surface area contributed by atoms with Crippen LogP contribution in [0.4, 0.5) is 0 Å². The van der Waals surface area contributed by atoms with Gasteiger partial charge in [-0.1, -0.05) is 17.7 Å². The maximum atomic E-state index is 10.6. The van der Waals surface area contributed by atoms with Crippen LogP contribution in [0, 0.1) is 0 Å². The molecular weight excluding hydrogens is 347 g/mol. The van der Waals surface area contributed by atoms with Crippen molar-refractivity contribution in [1.82, 2.24) is 19.9 Å². The van der Waals surface area contributed by atoms with Crippen molar-refractivity contribution in [3.05, 3.63) is 47.7 Å². The lowest BCUT2D eigenvalue weighted by Gasteiger charge is -2.22. The summed E-state index contributed by atoms with van der Waals surface area (Å²) in [6, 6.07) is 9.57. The van der Waals surface area contributed by atoms with E-state index in [1.807, 2.05) is 41.1 Å². The van der Waals surface area contributed by atoms with Gasteiger partial charge in [0.05, 0.1) is 17.7 Å². The van der Waals surface area contributed by atoms with E-state index in [2.05, 4.69) is 15.3 Å². The van der Waals surface area contributed by atoms with Crippen molar-refractivity contribution in [2.24, 2.45) is 0 Å². The van der Waals surface area contributed by atoms with E-state index < -0.39 is 5.60 Å². The summed E-state index contributed by atoms with van der Waals surface area (Å²) in [5.41, 5.74) is 0.946. The monoisotopic (exact) mass is 364 g/mol. The molecule has 3 heterocycles. The minimum atomic E-state index is -0.722. The maximum absolute atomic E-state index is 10.6. The maximum Gasteiger partial charge on any atom is 0.158 e. The molecule has 1 fully saturated rings. The van der Waals surface area contributed by atoms with Crippen LogP contribution in [-0.2, 0) is 6.54 Å². The zero-order valence-corrected chi connectivity index (χ0v) is 14.5. The molecule has 0 bridgehead atoms. The zero-order valence-electron chi connectivity index (χ0n) is 12.9. The van der Waals surface area contributed by atoms with Crippen LogP contribution in [0.5, 0.6) is 0 Å². The van der Waals surface area contributed by atoms with Crippen molar-refractivity contribution in [3.63, 3.8) is 0 Å². The minimum absolute atomic E-state index is 0. The van der Waals surface area contributed by atoms with Crippen molar-refractivity contribution in [1.29, 1.82) is 0 Å². The molecule has 5 nitrogen and oxygen atoms in total. The van der Waals surface area contributed by atoms with Crippen LogP contribution in [0.1, 0.15) is 6.42 Å². The van der Waals surface area contributed by atoms with Gasteiger partial charge in [-0.25, -0.2) is 9.97 Å². The fourth-order valence-corrected chi connectivity index (χ4v) is 3.25. The molecule has 0 amide bonds. The van der Waals surface area contributed by atoms with E-state index in [9.17, 15) is 5.11 Å². The second-order valence-corrected chi connectivity index (χ2v) is 6.50. The predicted octanol–water partition coefficient (Wildman–Crippen LogP) is 2.90. The number of hydrogen-bond donors (Lipinski definition) is 2. The lowest BCUT2D eigenvalue weighted by atomic mass is 10.0. The van der Waals surface area contributed by atoms with Crippen LogP contribution >= 0.6 is 24.0 Å². The summed E-state index contributed by atoms with van der Waals surface area (Å²) in [6.07, 6.45) is 4.38. The summed E-state index contributed by atoms with van der Waals surface area (Å²) in [5, 5.41) is 15.5. The van der Waals surface area contributed by atoms with Gasteiger partial charge in [0.15, 0.2) is 5.82 Å². The van der Waals surface area contributed by atoms with E-state index >= 15 is 0 Å². The van der Waals surface area contributed by atoms with Crippen molar-refractivity contribution in [2.45, 2.75) is 18.6 Å². The Morgan fingerprint density at radius 2 is 2.17 bits per heavy atom. The van der Waals surface area contributed by atoms with Crippen LogP contribution in [0.2, 0.25) is 5.02 Å². The Labute approximate surface area is 151 Å². The van der Waals surface area contributed by atoms with Crippen LogP contribution < -0.4 is 5.32 Å². The molecule has 1 aliphatic rings. The smallest absolute Gasteiger partial charge is 0.158 e. The summed E-state index contributed by atoms with van der Waals surface area (Å²) in [6.45, 7) is 1.96. The highest BCUT2D eigenvalue weighted by Crippen LogP contribution is 2.24. The number of fused-ring (bicyclic) bond motifs is 1. The summed E-state index contributed by atoms with van der Waals surface area (Å²) in [4.78, 5) is 9.10. The standard InChI is InChI=1S/C17H17ClN4O.ClH/c18-13-2-4-14-12(9-13)1-3-15(21-14)16-20-7-8-22(16)11-17(23)5-6-19-10-17;/h1-4,7-9,19,23H,5-6,10-11H2;1H. The molecule has 2 N–H and O–H groups in total. The number of imidazole rings is 1. The van der Waals surface area contributed by atoms with Gasteiger partial charge >= 0.3 is 0 Å². The fourth-order valence-electron chi connectivity index (χ4n) is 3.07. The van der Waals surface area contributed by atoms with Gasteiger partial charge in [0, 0.05) is 29.3 Å². The van der Waals surface area contributed by atoms with Crippen molar-refractivity contribution < 1.29 is 5.11 Å².